The van der Waals surface area contributed by atoms with E-state index in [1.807, 2.05) is 0 Å². The minimum absolute atomic E-state index is 0.0696. The summed E-state index contributed by atoms with van der Waals surface area (Å²) in [6, 6.07) is 2.38. The predicted octanol–water partition coefficient (Wildman–Crippen LogP) is 0.565. The summed E-state index contributed by atoms with van der Waals surface area (Å²) in [5, 5.41) is 13.1. The molecule has 0 bridgehead atoms. The molecule has 0 saturated carbocycles. The van der Waals surface area contributed by atoms with Gasteiger partial charge in [-0.2, -0.15) is 0 Å². The van der Waals surface area contributed by atoms with Crippen molar-refractivity contribution in [2.75, 3.05) is 13.7 Å². The van der Waals surface area contributed by atoms with Gasteiger partial charge in [0.2, 0.25) is 5.91 Å². The summed E-state index contributed by atoms with van der Waals surface area (Å²) in [5.74, 6) is -10.5. The Balaban J connectivity index is 2.88. The quantitative estimate of drug-likeness (QED) is 0.174. The van der Waals surface area contributed by atoms with E-state index in [9.17, 15) is 38.7 Å². The molecule has 1 unspecified atom stereocenters. The van der Waals surface area contributed by atoms with Crippen molar-refractivity contribution in [3.63, 3.8) is 0 Å². The monoisotopic (exact) mass is 625 g/mol. The van der Waals surface area contributed by atoms with Crippen LogP contribution in [-0.4, -0.2) is 97.1 Å². The number of carboxylic acid groups (broad SMARTS) is 1. The van der Waals surface area contributed by atoms with Crippen LogP contribution in [0.2, 0.25) is 0 Å². The average molecular weight is 626 g/mol. The molecule has 2 rings (SSSR count). The fourth-order valence-electron chi connectivity index (χ4n) is 4.70. The van der Waals surface area contributed by atoms with Crippen LogP contribution < -0.4 is 14.8 Å². The summed E-state index contributed by atoms with van der Waals surface area (Å²) >= 11 is 0. The fourth-order valence-corrected chi connectivity index (χ4v) is 4.70. The molecule has 1 aromatic carbocycles. The van der Waals surface area contributed by atoms with Crippen LogP contribution in [0.3, 0.4) is 0 Å². The number of methoxy groups -OCH3 is 1. The van der Waals surface area contributed by atoms with Gasteiger partial charge in [0.25, 0.3) is 0 Å². The molecule has 1 saturated heterocycles. The number of hydrogen-bond donors (Lipinski definition) is 2. The number of aldehydes is 1. The number of nitrogens with one attached hydrogen (secondary N) is 1. The van der Waals surface area contributed by atoms with Crippen LogP contribution in [0.5, 0.6) is 11.5 Å². The fraction of sp³-hybridized carbons (Fsp3) is 0.536. The molecule has 16 heteroatoms. The summed E-state index contributed by atoms with van der Waals surface area (Å²) in [4.78, 5) is 85.0. The zero-order valence-corrected chi connectivity index (χ0v) is 25.1. The first-order valence-corrected chi connectivity index (χ1v) is 13.2. The average Bonchev–Trinajstić information content (AvgIpc) is 2.92. The molecule has 0 spiro atoms. The normalized spacial score (nSPS) is 24.0. The Labute approximate surface area is 252 Å². The lowest BCUT2D eigenvalue weighted by atomic mass is 9.81. The van der Waals surface area contributed by atoms with Crippen molar-refractivity contribution in [3.05, 3.63) is 23.8 Å². The van der Waals surface area contributed by atoms with Gasteiger partial charge >= 0.3 is 35.6 Å². The topological polar surface area (TPSA) is 216 Å². The highest BCUT2D eigenvalue weighted by Gasteiger charge is 2.64. The highest BCUT2D eigenvalue weighted by Crippen LogP contribution is 2.43. The lowest BCUT2D eigenvalue weighted by Gasteiger charge is -2.51. The van der Waals surface area contributed by atoms with Crippen molar-refractivity contribution < 1.29 is 71.8 Å². The number of benzene rings is 1. The van der Waals surface area contributed by atoms with Gasteiger partial charge in [0.15, 0.2) is 23.7 Å². The van der Waals surface area contributed by atoms with Crippen LogP contribution in [0, 0.1) is 5.92 Å². The van der Waals surface area contributed by atoms with Crippen LogP contribution in [-0.2, 0) is 52.5 Å². The summed E-state index contributed by atoms with van der Waals surface area (Å²) in [6.45, 7) is 5.85. The second-order valence-corrected chi connectivity index (χ2v) is 9.80. The zero-order valence-electron chi connectivity index (χ0n) is 25.1. The minimum Gasteiger partial charge on any atom is -0.493 e. The molecule has 0 radical (unpaired) electrons. The van der Waals surface area contributed by atoms with Gasteiger partial charge in [0.05, 0.1) is 19.1 Å². The van der Waals surface area contributed by atoms with Gasteiger partial charge < -0.3 is 43.6 Å². The summed E-state index contributed by atoms with van der Waals surface area (Å²) < 4.78 is 38.6. The lowest BCUT2D eigenvalue weighted by Crippen LogP contribution is -2.73. The largest absolute Gasteiger partial charge is 0.493 e. The Morgan fingerprint density at radius 3 is 2.09 bits per heavy atom. The van der Waals surface area contributed by atoms with Gasteiger partial charge in [-0.15, -0.1) is 0 Å². The Morgan fingerprint density at radius 2 is 1.61 bits per heavy atom. The summed E-state index contributed by atoms with van der Waals surface area (Å²) in [5.41, 5.74) is 0.169. The van der Waals surface area contributed by atoms with Gasteiger partial charge in [-0.05, 0) is 18.2 Å². The van der Waals surface area contributed by atoms with Crippen molar-refractivity contribution in [2.45, 2.75) is 77.8 Å². The number of carbonyl (C=O) groups is 7. The third kappa shape index (κ3) is 8.65. The van der Waals surface area contributed by atoms with Crippen molar-refractivity contribution in [1.29, 1.82) is 0 Å². The van der Waals surface area contributed by atoms with Crippen LogP contribution in [0.4, 0.5) is 0 Å². The second kappa shape index (κ2) is 15.1. The Kier molecular flexibility index (Phi) is 12.2. The first-order valence-electron chi connectivity index (χ1n) is 13.2. The zero-order chi connectivity index (χ0) is 33.4. The molecule has 1 heterocycles. The van der Waals surface area contributed by atoms with Crippen LogP contribution in [0.1, 0.15) is 51.9 Å². The number of amides is 1. The van der Waals surface area contributed by atoms with E-state index in [-0.39, 0.29) is 17.1 Å². The van der Waals surface area contributed by atoms with Crippen molar-refractivity contribution >= 4 is 42.0 Å². The standard InChI is InChI=1S/C28H35NO15/c1-13-24(41-17(5)34)23(29-14(2)31)26(25(42-18(6)35)22(40-16(4)33)12-39-15(3)32)44-28(13,27(36)37)43-20-9-8-19(11-30)10-21(20)38-7/h8-11,13,22-26H,12H2,1-7H3,(H,29,31)(H,36,37)/t13?,22-,23-,24+,25-,26-,28-/m1/s1. The Morgan fingerprint density at radius 1 is 0.977 bits per heavy atom. The van der Waals surface area contributed by atoms with Crippen LogP contribution in [0.25, 0.3) is 0 Å². The molecule has 0 aliphatic carbocycles. The first kappa shape index (κ1) is 35.5. The number of hydrogen-bond acceptors (Lipinski definition) is 14. The van der Waals surface area contributed by atoms with Crippen LogP contribution in [0.15, 0.2) is 18.2 Å². The molecule has 16 nitrogen and oxygen atoms in total. The van der Waals surface area contributed by atoms with E-state index in [0.717, 1.165) is 34.6 Å². The smallest absolute Gasteiger partial charge is 0.377 e. The van der Waals surface area contributed by atoms with Gasteiger partial charge in [-0.25, -0.2) is 4.79 Å². The second-order valence-electron chi connectivity index (χ2n) is 9.80. The van der Waals surface area contributed by atoms with Crippen molar-refractivity contribution in [1.82, 2.24) is 5.32 Å². The third-order valence-corrected chi connectivity index (χ3v) is 6.43. The predicted molar refractivity (Wildman–Crippen MR) is 144 cm³/mol. The lowest BCUT2D eigenvalue weighted by molar-refractivity contribution is -0.309. The molecular weight excluding hydrogens is 590 g/mol. The van der Waals surface area contributed by atoms with E-state index in [1.165, 1.54) is 32.2 Å². The number of ether oxygens (including phenoxy) is 7. The number of carboxylic acids is 1. The van der Waals surface area contributed by atoms with Gasteiger partial charge in [0, 0.05) is 40.2 Å². The maximum atomic E-state index is 13.1. The SMILES string of the molecule is COc1cc(C=O)ccc1O[C@@]1(C(=O)O)O[C@@H]([C@H](OC(C)=O)[C@@H](COC(C)=O)OC(C)=O)[C@H](NC(C)=O)[C@@H](OC(C)=O)C1C. The number of esters is 4. The van der Waals surface area contributed by atoms with Gasteiger partial charge in [-0.1, -0.05) is 6.92 Å². The molecule has 44 heavy (non-hydrogen) atoms. The van der Waals surface area contributed by atoms with Gasteiger partial charge in [-0.3, -0.25) is 28.8 Å². The molecule has 0 aromatic heterocycles. The first-order chi connectivity index (χ1) is 20.6. The molecule has 1 aliphatic rings. The highest BCUT2D eigenvalue weighted by atomic mass is 16.7. The maximum Gasteiger partial charge on any atom is 0.377 e. The number of carbonyl (C=O) groups excluding carboxylic acids is 6. The summed E-state index contributed by atoms with van der Waals surface area (Å²) in [6.07, 6.45) is -6.19. The van der Waals surface area contributed by atoms with E-state index in [0.29, 0.717) is 6.29 Å². The van der Waals surface area contributed by atoms with E-state index < -0.39 is 84.5 Å². The molecule has 1 aromatic rings. The Bertz CT molecular complexity index is 1280. The minimum atomic E-state index is -2.77. The maximum absolute atomic E-state index is 13.1. The molecular formula is C28H35NO15. The van der Waals surface area contributed by atoms with Gasteiger partial charge in [0.1, 0.15) is 25.1 Å². The van der Waals surface area contributed by atoms with E-state index in [4.69, 9.17) is 33.2 Å². The van der Waals surface area contributed by atoms with E-state index >= 15 is 0 Å². The number of rotatable bonds is 13. The molecule has 7 atom stereocenters. The molecule has 2 N–H and O–H groups in total. The molecule has 1 amide bonds. The Hall–Kier alpha value is -4.73. The molecule has 242 valence electrons. The third-order valence-electron chi connectivity index (χ3n) is 6.43. The van der Waals surface area contributed by atoms with Crippen LogP contribution >= 0.6 is 0 Å². The molecule has 1 fully saturated rings. The highest BCUT2D eigenvalue weighted by molar-refractivity contribution is 5.79. The van der Waals surface area contributed by atoms with E-state index in [2.05, 4.69) is 5.32 Å². The van der Waals surface area contributed by atoms with E-state index in [1.54, 1.807) is 0 Å². The van der Waals surface area contributed by atoms with Crippen molar-refractivity contribution in [3.8, 4) is 11.5 Å². The number of aliphatic carboxylic acids is 1. The molecule has 1 aliphatic heterocycles. The van der Waals surface area contributed by atoms with Crippen molar-refractivity contribution in [2.24, 2.45) is 5.92 Å². The summed E-state index contributed by atoms with van der Waals surface area (Å²) in [7, 11) is 1.24.